The van der Waals surface area contributed by atoms with Crippen LogP contribution in [0.1, 0.15) is 25.1 Å². The molecule has 0 saturated carbocycles. The van der Waals surface area contributed by atoms with E-state index < -0.39 is 0 Å². The number of hydrogen-bond acceptors (Lipinski definition) is 1. The first kappa shape index (κ1) is 8.80. The lowest BCUT2D eigenvalue weighted by Crippen LogP contribution is -2.15. The minimum absolute atomic E-state index is 0.210. The van der Waals surface area contributed by atoms with Crippen molar-refractivity contribution in [1.29, 1.82) is 0 Å². The van der Waals surface area contributed by atoms with Crippen molar-refractivity contribution in [1.82, 2.24) is 4.98 Å². The summed E-state index contributed by atoms with van der Waals surface area (Å²) in [6.45, 7) is 6.03. The maximum absolute atomic E-state index is 5.43. The standard InChI is InChI=1S/C11H13N/c1-5-11(3,4)10-7-6-8-12-9(10)2/h1,6-8H,2-4H3. The summed E-state index contributed by atoms with van der Waals surface area (Å²) in [5.41, 5.74) is 1.94. The van der Waals surface area contributed by atoms with Crippen LogP contribution in [0.15, 0.2) is 18.3 Å². The van der Waals surface area contributed by atoms with Crippen LogP contribution in [-0.4, -0.2) is 4.98 Å². The van der Waals surface area contributed by atoms with E-state index in [2.05, 4.69) is 10.9 Å². The first-order valence-corrected chi connectivity index (χ1v) is 3.98. The molecule has 1 rings (SSSR count). The van der Waals surface area contributed by atoms with Gasteiger partial charge in [0.15, 0.2) is 0 Å². The summed E-state index contributed by atoms with van der Waals surface area (Å²) in [4.78, 5) is 4.20. The van der Waals surface area contributed by atoms with Gasteiger partial charge in [0.1, 0.15) is 0 Å². The fourth-order valence-corrected chi connectivity index (χ4v) is 1.22. The first-order valence-electron chi connectivity index (χ1n) is 3.98. The van der Waals surface area contributed by atoms with Crippen LogP contribution < -0.4 is 0 Å². The minimum Gasteiger partial charge on any atom is -0.261 e. The van der Waals surface area contributed by atoms with Crippen molar-refractivity contribution in [2.24, 2.45) is 0 Å². The van der Waals surface area contributed by atoms with E-state index in [9.17, 15) is 0 Å². The van der Waals surface area contributed by atoms with Gasteiger partial charge in [-0.15, -0.1) is 6.42 Å². The Balaban J connectivity index is 3.22. The lowest BCUT2D eigenvalue weighted by molar-refractivity contribution is 0.687. The summed E-state index contributed by atoms with van der Waals surface area (Å²) in [6.07, 6.45) is 7.21. The van der Waals surface area contributed by atoms with Crippen LogP contribution in [0, 0.1) is 19.3 Å². The predicted octanol–water partition coefficient (Wildman–Crippen LogP) is 2.30. The molecule has 0 amide bonds. The highest BCUT2D eigenvalue weighted by Crippen LogP contribution is 2.23. The van der Waals surface area contributed by atoms with Gasteiger partial charge in [-0.25, -0.2) is 0 Å². The molecule has 1 nitrogen and oxygen atoms in total. The van der Waals surface area contributed by atoms with Gasteiger partial charge in [-0.2, -0.15) is 0 Å². The van der Waals surface area contributed by atoms with Crippen LogP contribution in [0.25, 0.3) is 0 Å². The van der Waals surface area contributed by atoms with Crippen molar-refractivity contribution >= 4 is 0 Å². The van der Waals surface area contributed by atoms with Crippen molar-refractivity contribution in [3.8, 4) is 12.3 Å². The Morgan fingerprint density at radius 2 is 2.17 bits per heavy atom. The second kappa shape index (κ2) is 2.98. The van der Waals surface area contributed by atoms with Gasteiger partial charge in [0.05, 0.1) is 5.41 Å². The Morgan fingerprint density at radius 1 is 1.50 bits per heavy atom. The van der Waals surface area contributed by atoms with E-state index >= 15 is 0 Å². The zero-order valence-electron chi connectivity index (χ0n) is 7.76. The van der Waals surface area contributed by atoms with Gasteiger partial charge in [0.2, 0.25) is 0 Å². The molecule has 0 N–H and O–H groups in total. The lowest BCUT2D eigenvalue weighted by Gasteiger charge is -2.19. The van der Waals surface area contributed by atoms with E-state index in [0.717, 1.165) is 11.3 Å². The number of aromatic nitrogens is 1. The molecule has 1 heterocycles. The predicted molar refractivity (Wildman–Crippen MR) is 50.8 cm³/mol. The number of aryl methyl sites for hydroxylation is 1. The van der Waals surface area contributed by atoms with Crippen LogP contribution in [0.2, 0.25) is 0 Å². The van der Waals surface area contributed by atoms with Crippen LogP contribution in [-0.2, 0) is 5.41 Å². The molecular formula is C11H13N. The molecule has 12 heavy (non-hydrogen) atoms. The molecule has 1 heteroatoms. The highest BCUT2D eigenvalue weighted by Gasteiger charge is 2.19. The van der Waals surface area contributed by atoms with Gasteiger partial charge in [0.25, 0.3) is 0 Å². The van der Waals surface area contributed by atoms with Crippen LogP contribution in [0.3, 0.4) is 0 Å². The summed E-state index contributed by atoms with van der Waals surface area (Å²) in [5, 5.41) is 0. The first-order chi connectivity index (χ1) is 5.58. The largest absolute Gasteiger partial charge is 0.261 e. The average Bonchev–Trinajstić information content (AvgIpc) is 2.05. The van der Waals surface area contributed by atoms with Gasteiger partial charge in [-0.05, 0) is 32.4 Å². The second-order valence-electron chi connectivity index (χ2n) is 3.41. The van der Waals surface area contributed by atoms with E-state index in [1.54, 1.807) is 6.20 Å². The summed E-state index contributed by atoms with van der Waals surface area (Å²) >= 11 is 0. The van der Waals surface area contributed by atoms with Crippen molar-refractivity contribution in [2.75, 3.05) is 0 Å². The molecule has 0 atom stereocenters. The number of pyridine rings is 1. The van der Waals surface area contributed by atoms with E-state index in [0.29, 0.717) is 0 Å². The molecule has 62 valence electrons. The Morgan fingerprint density at radius 3 is 2.67 bits per heavy atom. The number of nitrogens with zero attached hydrogens (tertiary/aromatic N) is 1. The van der Waals surface area contributed by atoms with Gasteiger partial charge >= 0.3 is 0 Å². The SMILES string of the molecule is C#CC(C)(C)c1cccnc1C. The van der Waals surface area contributed by atoms with E-state index in [1.165, 1.54) is 0 Å². The molecular weight excluding hydrogens is 146 g/mol. The number of hydrogen-bond donors (Lipinski definition) is 0. The lowest BCUT2D eigenvalue weighted by atomic mass is 9.85. The molecule has 1 aromatic heterocycles. The van der Waals surface area contributed by atoms with Gasteiger partial charge in [0, 0.05) is 11.9 Å². The Kier molecular flexibility index (Phi) is 2.19. The molecule has 0 spiro atoms. The fraction of sp³-hybridized carbons (Fsp3) is 0.364. The Bertz CT molecular complexity index is 318. The zero-order chi connectivity index (χ0) is 9.19. The minimum atomic E-state index is -0.210. The molecule has 1 aromatic rings. The third-order valence-corrected chi connectivity index (χ3v) is 2.04. The molecule has 0 aromatic carbocycles. The van der Waals surface area contributed by atoms with E-state index in [4.69, 9.17) is 6.42 Å². The quantitative estimate of drug-likeness (QED) is 0.573. The molecule has 0 unspecified atom stereocenters. The molecule has 0 aliphatic rings. The number of rotatable bonds is 1. The summed E-state index contributed by atoms with van der Waals surface area (Å²) in [5.74, 6) is 2.76. The van der Waals surface area contributed by atoms with Crippen molar-refractivity contribution in [3.05, 3.63) is 29.6 Å². The fourth-order valence-electron chi connectivity index (χ4n) is 1.22. The summed E-state index contributed by atoms with van der Waals surface area (Å²) < 4.78 is 0. The molecule has 0 bridgehead atoms. The molecule has 0 aliphatic heterocycles. The Hall–Kier alpha value is -1.29. The topological polar surface area (TPSA) is 12.9 Å². The monoisotopic (exact) mass is 159 g/mol. The highest BCUT2D eigenvalue weighted by atomic mass is 14.7. The second-order valence-corrected chi connectivity index (χ2v) is 3.41. The van der Waals surface area contributed by atoms with Gasteiger partial charge in [-0.3, -0.25) is 4.98 Å². The van der Waals surface area contributed by atoms with Crippen molar-refractivity contribution < 1.29 is 0 Å². The van der Waals surface area contributed by atoms with Crippen molar-refractivity contribution in [3.63, 3.8) is 0 Å². The summed E-state index contributed by atoms with van der Waals surface area (Å²) in [6, 6.07) is 3.95. The van der Waals surface area contributed by atoms with Crippen LogP contribution in [0.4, 0.5) is 0 Å². The van der Waals surface area contributed by atoms with Gasteiger partial charge in [-0.1, -0.05) is 12.0 Å². The van der Waals surface area contributed by atoms with Crippen LogP contribution >= 0.6 is 0 Å². The average molecular weight is 159 g/mol. The molecule has 0 fully saturated rings. The molecule has 0 saturated heterocycles. The smallest absolute Gasteiger partial charge is 0.0521 e. The van der Waals surface area contributed by atoms with E-state index in [1.807, 2.05) is 32.9 Å². The van der Waals surface area contributed by atoms with Crippen molar-refractivity contribution in [2.45, 2.75) is 26.2 Å². The highest BCUT2D eigenvalue weighted by molar-refractivity contribution is 5.34. The molecule has 0 aliphatic carbocycles. The number of terminal acetylenes is 1. The van der Waals surface area contributed by atoms with Crippen LogP contribution in [0.5, 0.6) is 0 Å². The third kappa shape index (κ3) is 1.48. The maximum Gasteiger partial charge on any atom is 0.0521 e. The Labute approximate surface area is 73.8 Å². The van der Waals surface area contributed by atoms with E-state index in [-0.39, 0.29) is 5.41 Å². The zero-order valence-corrected chi connectivity index (χ0v) is 7.76. The maximum atomic E-state index is 5.43. The third-order valence-electron chi connectivity index (χ3n) is 2.04. The molecule has 0 radical (unpaired) electrons. The van der Waals surface area contributed by atoms with Gasteiger partial charge < -0.3 is 0 Å². The summed E-state index contributed by atoms with van der Waals surface area (Å²) in [7, 11) is 0. The normalized spacial score (nSPS) is 10.8.